The van der Waals surface area contributed by atoms with E-state index >= 15 is 0 Å². The zero-order valence-corrected chi connectivity index (χ0v) is 16.9. The van der Waals surface area contributed by atoms with Crippen LogP contribution in [0.2, 0.25) is 0 Å². The zero-order valence-electron chi connectivity index (χ0n) is 16.1. The van der Waals surface area contributed by atoms with Crippen LogP contribution in [0, 0.1) is 12.8 Å². The third-order valence-electron chi connectivity index (χ3n) is 4.80. The van der Waals surface area contributed by atoms with Gasteiger partial charge >= 0.3 is 0 Å². The minimum atomic E-state index is -0.0987. The Morgan fingerprint density at radius 1 is 1.14 bits per heavy atom. The SMILES string of the molecule is Cc1ccc(-c2nc3sccn3c2-c2ccnc(N[C@H](CO)C(C)C)n2)cc1. The van der Waals surface area contributed by atoms with Crippen molar-refractivity contribution in [3.63, 3.8) is 0 Å². The van der Waals surface area contributed by atoms with Crippen LogP contribution in [0.1, 0.15) is 19.4 Å². The molecule has 0 radical (unpaired) electrons. The first kappa shape index (κ1) is 18.6. The van der Waals surface area contributed by atoms with E-state index < -0.39 is 0 Å². The third kappa shape index (κ3) is 3.50. The van der Waals surface area contributed by atoms with Crippen molar-refractivity contribution >= 4 is 22.2 Å². The molecule has 7 heteroatoms. The molecule has 0 bridgehead atoms. The Balaban J connectivity index is 1.80. The molecule has 0 aliphatic carbocycles. The second-order valence-electron chi connectivity index (χ2n) is 7.17. The number of benzene rings is 1. The van der Waals surface area contributed by atoms with Crippen LogP contribution in [0.4, 0.5) is 5.95 Å². The number of fused-ring (bicyclic) bond motifs is 1. The number of hydrogen-bond donors (Lipinski definition) is 2. The second-order valence-corrected chi connectivity index (χ2v) is 8.05. The van der Waals surface area contributed by atoms with Crippen molar-refractivity contribution in [3.05, 3.63) is 53.7 Å². The number of nitrogens with one attached hydrogen (secondary N) is 1. The number of thiazole rings is 1. The number of nitrogens with zero attached hydrogens (tertiary/aromatic N) is 4. The summed E-state index contributed by atoms with van der Waals surface area (Å²) >= 11 is 1.60. The zero-order chi connectivity index (χ0) is 19.7. The van der Waals surface area contributed by atoms with Crippen LogP contribution in [0.25, 0.3) is 27.6 Å². The lowest BCUT2D eigenvalue weighted by molar-refractivity contribution is 0.248. The Labute approximate surface area is 167 Å². The number of aryl methyl sites for hydroxylation is 1. The van der Waals surface area contributed by atoms with Crippen LogP contribution in [-0.2, 0) is 0 Å². The predicted molar refractivity (Wildman–Crippen MR) is 114 cm³/mol. The van der Waals surface area contributed by atoms with Crippen LogP contribution in [0.3, 0.4) is 0 Å². The molecule has 144 valence electrons. The molecule has 0 unspecified atom stereocenters. The van der Waals surface area contributed by atoms with Gasteiger partial charge in [0.1, 0.15) is 5.69 Å². The maximum Gasteiger partial charge on any atom is 0.223 e. The first-order valence-corrected chi connectivity index (χ1v) is 10.2. The van der Waals surface area contributed by atoms with Crippen LogP contribution in [-0.4, -0.2) is 37.1 Å². The van der Waals surface area contributed by atoms with Crippen molar-refractivity contribution in [2.75, 3.05) is 11.9 Å². The topological polar surface area (TPSA) is 75.3 Å². The molecule has 4 aromatic rings. The molecule has 0 saturated carbocycles. The van der Waals surface area contributed by atoms with Crippen LogP contribution < -0.4 is 5.32 Å². The quantitative estimate of drug-likeness (QED) is 0.512. The van der Waals surface area contributed by atoms with Gasteiger partial charge in [0.2, 0.25) is 5.95 Å². The Bertz CT molecular complexity index is 1080. The van der Waals surface area contributed by atoms with Gasteiger partial charge in [-0.3, -0.25) is 4.40 Å². The molecule has 0 fully saturated rings. The summed E-state index contributed by atoms with van der Waals surface area (Å²) in [6, 6.07) is 10.2. The lowest BCUT2D eigenvalue weighted by atomic mass is 10.1. The van der Waals surface area contributed by atoms with Gasteiger partial charge in [-0.2, -0.15) is 0 Å². The molecule has 0 aliphatic heterocycles. The van der Waals surface area contributed by atoms with E-state index in [1.165, 1.54) is 5.56 Å². The first-order valence-electron chi connectivity index (χ1n) is 9.30. The first-order chi connectivity index (χ1) is 13.6. The number of aliphatic hydroxyl groups excluding tert-OH is 1. The number of hydrogen-bond acceptors (Lipinski definition) is 6. The van der Waals surface area contributed by atoms with Crippen molar-refractivity contribution in [2.45, 2.75) is 26.8 Å². The maximum atomic E-state index is 9.61. The molecular weight excluding hydrogens is 370 g/mol. The summed E-state index contributed by atoms with van der Waals surface area (Å²) in [5.41, 5.74) is 4.90. The van der Waals surface area contributed by atoms with E-state index in [0.717, 1.165) is 27.6 Å². The highest BCUT2D eigenvalue weighted by molar-refractivity contribution is 7.15. The van der Waals surface area contributed by atoms with Crippen molar-refractivity contribution < 1.29 is 5.11 Å². The molecule has 0 saturated heterocycles. The summed E-state index contributed by atoms with van der Waals surface area (Å²) in [6.45, 7) is 6.21. The molecule has 6 nitrogen and oxygen atoms in total. The van der Waals surface area contributed by atoms with Crippen molar-refractivity contribution in [1.82, 2.24) is 19.4 Å². The summed E-state index contributed by atoms with van der Waals surface area (Å²) in [5.74, 6) is 0.768. The van der Waals surface area contributed by atoms with E-state index in [4.69, 9.17) is 9.97 Å². The van der Waals surface area contributed by atoms with Crippen molar-refractivity contribution in [2.24, 2.45) is 5.92 Å². The molecule has 3 heterocycles. The van der Waals surface area contributed by atoms with Crippen LogP contribution in [0.15, 0.2) is 48.1 Å². The molecule has 3 aromatic heterocycles. The Hall–Kier alpha value is -2.77. The summed E-state index contributed by atoms with van der Waals surface area (Å²) in [5, 5.41) is 14.9. The third-order valence-corrected chi connectivity index (χ3v) is 5.56. The molecule has 0 amide bonds. The normalized spacial score (nSPS) is 12.6. The number of imidazole rings is 1. The largest absolute Gasteiger partial charge is 0.394 e. The molecule has 1 aromatic carbocycles. The van der Waals surface area contributed by atoms with Crippen LogP contribution in [0.5, 0.6) is 0 Å². The fourth-order valence-corrected chi connectivity index (χ4v) is 3.81. The van der Waals surface area contributed by atoms with Gasteiger partial charge in [-0.15, -0.1) is 11.3 Å². The smallest absolute Gasteiger partial charge is 0.223 e. The van der Waals surface area contributed by atoms with E-state index in [1.54, 1.807) is 17.5 Å². The summed E-state index contributed by atoms with van der Waals surface area (Å²) in [7, 11) is 0. The molecule has 0 aliphatic rings. The number of aliphatic hydroxyl groups is 1. The van der Waals surface area contributed by atoms with Gasteiger partial charge in [0, 0.05) is 23.3 Å². The van der Waals surface area contributed by atoms with Gasteiger partial charge in [0.05, 0.1) is 24.0 Å². The van der Waals surface area contributed by atoms with Crippen LogP contribution >= 0.6 is 11.3 Å². The Morgan fingerprint density at radius 3 is 2.64 bits per heavy atom. The summed E-state index contributed by atoms with van der Waals surface area (Å²) in [4.78, 5) is 14.8. The minimum Gasteiger partial charge on any atom is -0.394 e. The average Bonchev–Trinajstić information content (AvgIpc) is 3.27. The highest BCUT2D eigenvalue weighted by Gasteiger charge is 2.19. The molecule has 4 rings (SSSR count). The molecule has 0 spiro atoms. The van der Waals surface area contributed by atoms with Gasteiger partial charge in [-0.25, -0.2) is 15.0 Å². The van der Waals surface area contributed by atoms with Gasteiger partial charge in [0.25, 0.3) is 0 Å². The standard InChI is InChI=1S/C21H23N5OS/c1-13(2)17(12-27)24-20-22-9-8-16(23-20)19-18(15-6-4-14(3)5-7-15)25-21-26(19)10-11-28-21/h4-11,13,17,27H,12H2,1-3H3,(H,22,23,24)/t17-/m1/s1. The molecule has 2 N–H and O–H groups in total. The van der Waals surface area contributed by atoms with Gasteiger partial charge in [0.15, 0.2) is 4.96 Å². The summed E-state index contributed by atoms with van der Waals surface area (Å²) < 4.78 is 2.07. The highest BCUT2D eigenvalue weighted by Crippen LogP contribution is 2.33. The van der Waals surface area contributed by atoms with E-state index in [9.17, 15) is 5.11 Å². The maximum absolute atomic E-state index is 9.61. The fraction of sp³-hybridized carbons (Fsp3) is 0.286. The molecular formula is C21H23N5OS. The molecule has 28 heavy (non-hydrogen) atoms. The Kier molecular flexibility index (Phi) is 5.11. The van der Waals surface area contributed by atoms with E-state index in [2.05, 4.69) is 59.7 Å². The van der Waals surface area contributed by atoms with E-state index in [0.29, 0.717) is 5.95 Å². The predicted octanol–water partition coefficient (Wildman–Crippen LogP) is 4.26. The highest BCUT2D eigenvalue weighted by atomic mass is 32.1. The fourth-order valence-electron chi connectivity index (χ4n) is 3.09. The average molecular weight is 394 g/mol. The minimum absolute atomic E-state index is 0.0291. The van der Waals surface area contributed by atoms with Gasteiger partial charge < -0.3 is 10.4 Å². The summed E-state index contributed by atoms with van der Waals surface area (Å²) in [6.07, 6.45) is 3.75. The van der Waals surface area contributed by atoms with Gasteiger partial charge in [-0.05, 0) is 18.9 Å². The molecule has 1 atom stereocenters. The lowest BCUT2D eigenvalue weighted by Crippen LogP contribution is -2.30. The lowest BCUT2D eigenvalue weighted by Gasteiger charge is -2.19. The monoisotopic (exact) mass is 393 g/mol. The van der Waals surface area contributed by atoms with E-state index in [1.807, 2.05) is 17.6 Å². The second kappa shape index (κ2) is 7.69. The number of aromatic nitrogens is 4. The van der Waals surface area contributed by atoms with E-state index in [-0.39, 0.29) is 18.6 Å². The number of rotatable bonds is 6. The Morgan fingerprint density at radius 2 is 1.93 bits per heavy atom. The van der Waals surface area contributed by atoms with Gasteiger partial charge in [-0.1, -0.05) is 43.7 Å². The number of anilines is 1. The van der Waals surface area contributed by atoms with Crippen molar-refractivity contribution in [1.29, 1.82) is 0 Å². The van der Waals surface area contributed by atoms with Crippen molar-refractivity contribution in [3.8, 4) is 22.6 Å².